The van der Waals surface area contributed by atoms with Gasteiger partial charge in [-0.1, -0.05) is 36.4 Å². The number of hydrogen-bond donors (Lipinski definition) is 2. The Kier molecular flexibility index (Phi) is 7.92. The minimum absolute atomic E-state index is 0.296. The number of fused-ring (bicyclic) bond motifs is 1. The number of anilines is 1. The first kappa shape index (κ1) is 24.1. The van der Waals surface area contributed by atoms with Crippen molar-refractivity contribution in [2.75, 3.05) is 25.6 Å². The first-order chi connectivity index (χ1) is 15.7. The van der Waals surface area contributed by atoms with Gasteiger partial charge in [-0.3, -0.25) is 0 Å². The molecule has 176 valence electrons. The van der Waals surface area contributed by atoms with Gasteiger partial charge in [-0.05, 0) is 44.0 Å². The molecule has 8 nitrogen and oxygen atoms in total. The largest absolute Gasteiger partial charge is 0.488 e. The standard InChI is InChI=1S/C25H31N3O5/c1-25(2,3)33-24(30)28-20(23(29)31-4)16-18-10-8-17(9-11-18)6-5-7-19-12-13-21-22(27-19)26-14-15-32-21/h5-6,8-13,20H,7,14-16H2,1-4H3,(H,26,27)(H,28,30)/t20-/m0/s1. The van der Waals surface area contributed by atoms with Crippen LogP contribution in [0.15, 0.2) is 42.5 Å². The normalized spacial score (nSPS) is 13.9. The first-order valence-electron chi connectivity index (χ1n) is 10.9. The van der Waals surface area contributed by atoms with E-state index in [0.717, 1.165) is 34.9 Å². The van der Waals surface area contributed by atoms with Crippen LogP contribution in [0.2, 0.25) is 0 Å². The fourth-order valence-electron chi connectivity index (χ4n) is 3.28. The van der Waals surface area contributed by atoms with Gasteiger partial charge < -0.3 is 24.8 Å². The van der Waals surface area contributed by atoms with Gasteiger partial charge in [0.15, 0.2) is 11.6 Å². The van der Waals surface area contributed by atoms with E-state index in [2.05, 4.69) is 21.7 Å². The summed E-state index contributed by atoms with van der Waals surface area (Å²) in [6, 6.07) is 10.8. The Bertz CT molecular complexity index is 996. The quantitative estimate of drug-likeness (QED) is 0.616. The van der Waals surface area contributed by atoms with Gasteiger partial charge in [0.05, 0.1) is 13.7 Å². The Balaban J connectivity index is 1.57. The van der Waals surface area contributed by atoms with Crippen molar-refractivity contribution >= 4 is 24.0 Å². The summed E-state index contributed by atoms with van der Waals surface area (Å²) in [6.07, 6.45) is 4.40. The third kappa shape index (κ3) is 7.52. The minimum atomic E-state index is -0.834. The van der Waals surface area contributed by atoms with Crippen LogP contribution in [-0.2, 0) is 27.1 Å². The van der Waals surface area contributed by atoms with Crippen molar-refractivity contribution in [3.05, 3.63) is 59.3 Å². The average Bonchev–Trinajstić information content (AvgIpc) is 2.78. The van der Waals surface area contributed by atoms with Crippen molar-refractivity contribution in [1.82, 2.24) is 10.3 Å². The SMILES string of the molecule is COC(=O)[C@H](Cc1ccc(C=CCc2ccc3c(n2)NCCO3)cc1)NC(=O)OC(C)(C)C. The van der Waals surface area contributed by atoms with Gasteiger partial charge in [-0.25, -0.2) is 14.6 Å². The molecule has 1 aromatic heterocycles. The molecule has 1 aliphatic heterocycles. The molecule has 0 spiro atoms. The summed E-state index contributed by atoms with van der Waals surface area (Å²) in [5.41, 5.74) is 2.21. The highest BCUT2D eigenvalue weighted by Gasteiger charge is 2.25. The molecule has 0 saturated heterocycles. The van der Waals surface area contributed by atoms with Crippen LogP contribution in [0.4, 0.5) is 10.6 Å². The maximum absolute atomic E-state index is 12.1. The highest BCUT2D eigenvalue weighted by Crippen LogP contribution is 2.25. The lowest BCUT2D eigenvalue weighted by atomic mass is 10.0. The second kappa shape index (κ2) is 10.8. The van der Waals surface area contributed by atoms with E-state index in [1.165, 1.54) is 7.11 Å². The molecule has 0 fully saturated rings. The number of nitrogens with zero attached hydrogens (tertiary/aromatic N) is 1. The number of rotatable bonds is 7. The van der Waals surface area contributed by atoms with Crippen LogP contribution in [0.25, 0.3) is 6.08 Å². The molecule has 1 atom stereocenters. The van der Waals surface area contributed by atoms with E-state index in [1.54, 1.807) is 20.8 Å². The summed E-state index contributed by atoms with van der Waals surface area (Å²) < 4.78 is 15.6. The van der Waals surface area contributed by atoms with E-state index in [4.69, 9.17) is 14.2 Å². The topological polar surface area (TPSA) is 98.8 Å². The number of allylic oxidation sites excluding steroid dienone is 1. The number of esters is 1. The van der Waals surface area contributed by atoms with Crippen molar-refractivity contribution in [3.63, 3.8) is 0 Å². The summed E-state index contributed by atoms with van der Waals surface area (Å²) in [5.74, 6) is 1.05. The molecule has 1 aliphatic rings. The number of amides is 1. The van der Waals surface area contributed by atoms with Crippen molar-refractivity contribution in [3.8, 4) is 5.75 Å². The van der Waals surface area contributed by atoms with Crippen LogP contribution in [0.1, 0.15) is 37.6 Å². The summed E-state index contributed by atoms with van der Waals surface area (Å²) in [4.78, 5) is 28.8. The van der Waals surface area contributed by atoms with E-state index in [1.807, 2.05) is 42.5 Å². The molecule has 33 heavy (non-hydrogen) atoms. The Morgan fingerprint density at radius 1 is 1.21 bits per heavy atom. The average molecular weight is 454 g/mol. The fraction of sp³-hybridized carbons (Fsp3) is 0.400. The second-order valence-electron chi connectivity index (χ2n) is 8.70. The van der Waals surface area contributed by atoms with Gasteiger partial charge in [0, 0.05) is 18.5 Å². The highest BCUT2D eigenvalue weighted by molar-refractivity contribution is 5.81. The lowest BCUT2D eigenvalue weighted by Gasteiger charge is -2.22. The number of nitrogens with one attached hydrogen (secondary N) is 2. The monoisotopic (exact) mass is 453 g/mol. The zero-order valence-electron chi connectivity index (χ0n) is 19.5. The van der Waals surface area contributed by atoms with E-state index in [9.17, 15) is 9.59 Å². The molecular weight excluding hydrogens is 422 g/mol. The molecule has 8 heteroatoms. The number of hydrogen-bond acceptors (Lipinski definition) is 7. The van der Waals surface area contributed by atoms with Gasteiger partial charge >= 0.3 is 12.1 Å². The molecule has 0 bridgehead atoms. The molecule has 1 amide bonds. The predicted octanol–water partition coefficient (Wildman–Crippen LogP) is 3.75. The number of alkyl carbamates (subject to hydrolysis) is 1. The zero-order chi connectivity index (χ0) is 23.8. The highest BCUT2D eigenvalue weighted by atomic mass is 16.6. The van der Waals surface area contributed by atoms with E-state index >= 15 is 0 Å². The first-order valence-corrected chi connectivity index (χ1v) is 10.9. The molecule has 0 aliphatic carbocycles. The van der Waals surface area contributed by atoms with Gasteiger partial charge in [0.1, 0.15) is 18.2 Å². The number of carbonyl (C=O) groups excluding carboxylic acids is 2. The van der Waals surface area contributed by atoms with Crippen molar-refractivity contribution in [1.29, 1.82) is 0 Å². The van der Waals surface area contributed by atoms with Crippen LogP contribution in [0.3, 0.4) is 0 Å². The summed E-state index contributed by atoms with van der Waals surface area (Å²) >= 11 is 0. The van der Waals surface area contributed by atoms with Crippen LogP contribution >= 0.6 is 0 Å². The molecular formula is C25H31N3O5. The third-order valence-electron chi connectivity index (χ3n) is 4.80. The maximum Gasteiger partial charge on any atom is 0.408 e. The van der Waals surface area contributed by atoms with Gasteiger partial charge in [0.25, 0.3) is 0 Å². The third-order valence-corrected chi connectivity index (χ3v) is 4.80. The van der Waals surface area contributed by atoms with Gasteiger partial charge in [-0.2, -0.15) is 0 Å². The van der Waals surface area contributed by atoms with E-state index < -0.39 is 23.7 Å². The van der Waals surface area contributed by atoms with E-state index in [-0.39, 0.29) is 0 Å². The Hall–Kier alpha value is -3.55. The number of carbonyl (C=O) groups is 2. The maximum atomic E-state index is 12.1. The molecule has 2 aromatic rings. The molecule has 3 rings (SSSR count). The number of aromatic nitrogens is 1. The smallest absolute Gasteiger partial charge is 0.408 e. The lowest BCUT2D eigenvalue weighted by Crippen LogP contribution is -2.45. The number of pyridine rings is 1. The predicted molar refractivity (Wildman–Crippen MR) is 126 cm³/mol. The van der Waals surface area contributed by atoms with Gasteiger partial charge in [-0.15, -0.1) is 0 Å². The van der Waals surface area contributed by atoms with Crippen LogP contribution < -0.4 is 15.4 Å². The van der Waals surface area contributed by atoms with Crippen molar-refractivity contribution in [2.24, 2.45) is 0 Å². The number of methoxy groups -OCH3 is 1. The summed E-state index contributed by atoms with van der Waals surface area (Å²) in [7, 11) is 1.29. The summed E-state index contributed by atoms with van der Waals surface area (Å²) in [6.45, 7) is 6.70. The second-order valence-corrected chi connectivity index (χ2v) is 8.70. The lowest BCUT2D eigenvalue weighted by molar-refractivity contribution is -0.143. The van der Waals surface area contributed by atoms with Crippen LogP contribution in [0.5, 0.6) is 5.75 Å². The zero-order valence-corrected chi connectivity index (χ0v) is 19.5. The molecule has 0 radical (unpaired) electrons. The number of benzene rings is 1. The molecule has 0 unspecified atom stereocenters. The Labute approximate surface area is 194 Å². The van der Waals surface area contributed by atoms with E-state index in [0.29, 0.717) is 19.4 Å². The molecule has 1 aromatic carbocycles. The molecule has 2 heterocycles. The number of ether oxygens (including phenoxy) is 3. The Morgan fingerprint density at radius 3 is 2.67 bits per heavy atom. The molecule has 0 saturated carbocycles. The Morgan fingerprint density at radius 2 is 1.97 bits per heavy atom. The van der Waals surface area contributed by atoms with Crippen LogP contribution in [0, 0.1) is 0 Å². The fourth-order valence-corrected chi connectivity index (χ4v) is 3.28. The van der Waals surface area contributed by atoms with Crippen molar-refractivity contribution in [2.45, 2.75) is 45.3 Å². The minimum Gasteiger partial charge on any atom is -0.488 e. The van der Waals surface area contributed by atoms with Crippen molar-refractivity contribution < 1.29 is 23.8 Å². The van der Waals surface area contributed by atoms with Gasteiger partial charge in [0.2, 0.25) is 0 Å². The molecule has 2 N–H and O–H groups in total. The van der Waals surface area contributed by atoms with Crippen LogP contribution in [-0.4, -0.2) is 49.0 Å². The summed E-state index contributed by atoms with van der Waals surface area (Å²) in [5, 5.41) is 5.83.